The molecule has 2 aromatic rings. The van der Waals surface area contributed by atoms with E-state index in [4.69, 9.17) is 10.2 Å². The molecule has 2 atom stereocenters. The van der Waals surface area contributed by atoms with Crippen molar-refractivity contribution < 1.29 is 9.52 Å². The predicted molar refractivity (Wildman–Crippen MR) is 73.5 cm³/mol. The number of para-hydroxylation sites is 1. The van der Waals surface area contributed by atoms with Crippen LogP contribution in [0.2, 0.25) is 0 Å². The van der Waals surface area contributed by atoms with Crippen LogP contribution in [0.5, 0.6) is 0 Å². The molecular weight excluding hydrogens is 242 g/mol. The van der Waals surface area contributed by atoms with Crippen LogP contribution in [0.3, 0.4) is 0 Å². The molecule has 3 N–H and O–H groups in total. The molecule has 1 aliphatic rings. The van der Waals surface area contributed by atoms with Crippen molar-refractivity contribution >= 4 is 16.8 Å². The zero-order chi connectivity index (χ0) is 13.4. The van der Waals surface area contributed by atoms with E-state index in [9.17, 15) is 5.11 Å². The summed E-state index contributed by atoms with van der Waals surface area (Å²) in [4.78, 5) is 6.68. The van der Waals surface area contributed by atoms with Crippen molar-refractivity contribution in [2.24, 2.45) is 5.92 Å². The maximum atomic E-state index is 9.46. The third kappa shape index (κ3) is 2.19. The van der Waals surface area contributed by atoms with Gasteiger partial charge in [0.2, 0.25) is 5.89 Å². The normalized spacial score (nSPS) is 24.3. The largest absolute Gasteiger partial charge is 0.439 e. The van der Waals surface area contributed by atoms with E-state index in [1.54, 1.807) is 0 Å². The van der Waals surface area contributed by atoms with E-state index < -0.39 is 0 Å². The summed E-state index contributed by atoms with van der Waals surface area (Å²) in [5, 5.41) is 9.46. The zero-order valence-electron chi connectivity index (χ0n) is 11.0. The van der Waals surface area contributed by atoms with Crippen molar-refractivity contribution in [1.29, 1.82) is 0 Å². The van der Waals surface area contributed by atoms with Gasteiger partial charge in [-0.05, 0) is 31.0 Å². The summed E-state index contributed by atoms with van der Waals surface area (Å²) < 4.78 is 5.72. The van der Waals surface area contributed by atoms with Crippen molar-refractivity contribution in [2.45, 2.75) is 25.9 Å². The van der Waals surface area contributed by atoms with Gasteiger partial charge in [0.05, 0.1) is 18.8 Å². The van der Waals surface area contributed by atoms with Gasteiger partial charge in [-0.15, -0.1) is 0 Å². The lowest BCUT2D eigenvalue weighted by Crippen LogP contribution is -2.34. The minimum atomic E-state index is 0.184. The summed E-state index contributed by atoms with van der Waals surface area (Å²) in [6.07, 6.45) is 1.10. The smallest absolute Gasteiger partial charge is 0.209 e. The van der Waals surface area contributed by atoms with Gasteiger partial charge in [-0.3, -0.25) is 4.90 Å². The molecule has 0 bridgehead atoms. The van der Waals surface area contributed by atoms with E-state index in [-0.39, 0.29) is 12.6 Å². The van der Waals surface area contributed by atoms with Crippen molar-refractivity contribution in [3.05, 3.63) is 24.1 Å². The lowest BCUT2D eigenvalue weighted by Gasteiger charge is -2.23. The van der Waals surface area contributed by atoms with Crippen LogP contribution in [-0.2, 0) is 6.54 Å². The Balaban J connectivity index is 1.84. The van der Waals surface area contributed by atoms with Crippen LogP contribution in [0, 0.1) is 5.92 Å². The van der Waals surface area contributed by atoms with Gasteiger partial charge in [-0.25, -0.2) is 4.98 Å². The molecule has 1 saturated heterocycles. The van der Waals surface area contributed by atoms with Crippen molar-refractivity contribution in [3.63, 3.8) is 0 Å². The molecule has 1 aromatic carbocycles. The number of benzene rings is 1. The van der Waals surface area contributed by atoms with E-state index in [1.165, 1.54) is 0 Å². The second-order valence-corrected chi connectivity index (χ2v) is 5.29. The number of nitrogens with two attached hydrogens (primary N) is 1. The molecule has 102 valence electrons. The van der Waals surface area contributed by atoms with Gasteiger partial charge in [0.1, 0.15) is 5.52 Å². The lowest BCUT2D eigenvalue weighted by atomic mass is 10.0. The molecule has 0 saturated carbocycles. The Kier molecular flexibility index (Phi) is 3.16. The van der Waals surface area contributed by atoms with Crippen LogP contribution >= 0.6 is 0 Å². The van der Waals surface area contributed by atoms with Crippen LogP contribution in [-0.4, -0.2) is 34.2 Å². The molecule has 1 aliphatic heterocycles. The van der Waals surface area contributed by atoms with Gasteiger partial charge in [0, 0.05) is 6.04 Å². The van der Waals surface area contributed by atoms with Gasteiger partial charge in [0.25, 0.3) is 0 Å². The summed E-state index contributed by atoms with van der Waals surface area (Å²) in [5.74, 6) is 1.18. The van der Waals surface area contributed by atoms with E-state index >= 15 is 0 Å². The highest BCUT2D eigenvalue weighted by Gasteiger charge is 2.31. The summed E-state index contributed by atoms with van der Waals surface area (Å²) >= 11 is 0. The molecule has 0 amide bonds. The molecule has 2 unspecified atom stereocenters. The van der Waals surface area contributed by atoms with E-state index in [2.05, 4.69) is 16.8 Å². The second-order valence-electron chi connectivity index (χ2n) is 5.29. The quantitative estimate of drug-likeness (QED) is 0.821. The molecule has 0 radical (unpaired) electrons. The number of hydrogen-bond donors (Lipinski definition) is 2. The molecule has 3 rings (SSSR count). The Morgan fingerprint density at radius 3 is 3.11 bits per heavy atom. The molecule has 1 fully saturated rings. The first-order valence-corrected chi connectivity index (χ1v) is 6.68. The SMILES string of the molecule is CC1CCN(Cc2nc3c(N)cccc3o2)C1CO. The van der Waals surface area contributed by atoms with Gasteiger partial charge in [0.15, 0.2) is 5.58 Å². The third-order valence-corrected chi connectivity index (χ3v) is 4.02. The minimum Gasteiger partial charge on any atom is -0.439 e. The van der Waals surface area contributed by atoms with Crippen LogP contribution in [0.15, 0.2) is 22.6 Å². The maximum Gasteiger partial charge on any atom is 0.209 e. The average molecular weight is 261 g/mol. The topological polar surface area (TPSA) is 75.5 Å². The molecule has 5 nitrogen and oxygen atoms in total. The van der Waals surface area contributed by atoms with Crippen molar-refractivity contribution in [1.82, 2.24) is 9.88 Å². The molecule has 5 heteroatoms. The number of rotatable bonds is 3. The van der Waals surface area contributed by atoms with E-state index in [0.717, 1.165) is 24.1 Å². The summed E-state index contributed by atoms with van der Waals surface area (Å²) in [6, 6.07) is 5.76. The van der Waals surface area contributed by atoms with Crippen LogP contribution < -0.4 is 5.73 Å². The number of fused-ring (bicyclic) bond motifs is 1. The Hall–Kier alpha value is -1.59. The standard InChI is InChI=1S/C14H19N3O2/c1-9-5-6-17(11(9)8-18)7-13-16-14-10(15)3-2-4-12(14)19-13/h2-4,9,11,18H,5-8,15H2,1H3. The number of anilines is 1. The summed E-state index contributed by atoms with van der Waals surface area (Å²) in [7, 11) is 0. The van der Waals surface area contributed by atoms with Gasteiger partial charge < -0.3 is 15.3 Å². The lowest BCUT2D eigenvalue weighted by molar-refractivity contribution is 0.127. The molecule has 2 heterocycles. The maximum absolute atomic E-state index is 9.46. The first kappa shape index (κ1) is 12.4. The molecular formula is C14H19N3O2. The number of aliphatic hydroxyl groups excluding tert-OH is 1. The third-order valence-electron chi connectivity index (χ3n) is 4.02. The molecule has 0 aliphatic carbocycles. The van der Waals surface area contributed by atoms with E-state index in [1.807, 2.05) is 18.2 Å². The van der Waals surface area contributed by atoms with Crippen LogP contribution in [0.25, 0.3) is 11.1 Å². The highest BCUT2D eigenvalue weighted by Crippen LogP contribution is 2.27. The summed E-state index contributed by atoms with van der Waals surface area (Å²) in [6.45, 7) is 3.96. The first-order chi connectivity index (χ1) is 9.19. The second kappa shape index (κ2) is 4.83. The fourth-order valence-corrected chi connectivity index (χ4v) is 2.84. The van der Waals surface area contributed by atoms with Crippen molar-refractivity contribution in [3.8, 4) is 0 Å². The fraction of sp³-hybridized carbons (Fsp3) is 0.500. The highest BCUT2D eigenvalue weighted by molar-refractivity contribution is 5.85. The summed E-state index contributed by atoms with van der Waals surface area (Å²) in [5.41, 5.74) is 7.97. The number of hydrogen-bond acceptors (Lipinski definition) is 5. The minimum absolute atomic E-state index is 0.184. The Morgan fingerprint density at radius 2 is 2.37 bits per heavy atom. The van der Waals surface area contributed by atoms with E-state index in [0.29, 0.717) is 24.0 Å². The molecule has 19 heavy (non-hydrogen) atoms. The first-order valence-electron chi connectivity index (χ1n) is 6.68. The molecule has 1 aromatic heterocycles. The number of aliphatic hydroxyl groups is 1. The van der Waals surface area contributed by atoms with Crippen molar-refractivity contribution in [2.75, 3.05) is 18.9 Å². The van der Waals surface area contributed by atoms with Crippen LogP contribution in [0.4, 0.5) is 5.69 Å². The highest BCUT2D eigenvalue weighted by atomic mass is 16.3. The van der Waals surface area contributed by atoms with Gasteiger partial charge >= 0.3 is 0 Å². The Morgan fingerprint density at radius 1 is 1.53 bits per heavy atom. The Labute approximate surface area is 112 Å². The average Bonchev–Trinajstić information content (AvgIpc) is 2.94. The Bertz CT molecular complexity index is 581. The number of nitrogens with zero attached hydrogens (tertiary/aromatic N) is 2. The monoisotopic (exact) mass is 261 g/mol. The van der Waals surface area contributed by atoms with Gasteiger partial charge in [-0.1, -0.05) is 13.0 Å². The number of aromatic nitrogens is 1. The number of nitrogen functional groups attached to an aromatic ring is 1. The van der Waals surface area contributed by atoms with Gasteiger partial charge in [-0.2, -0.15) is 0 Å². The molecule has 0 spiro atoms. The van der Waals surface area contributed by atoms with Crippen LogP contribution in [0.1, 0.15) is 19.2 Å². The number of oxazole rings is 1. The number of likely N-dealkylation sites (tertiary alicyclic amines) is 1. The fourth-order valence-electron chi connectivity index (χ4n) is 2.84. The predicted octanol–water partition coefficient (Wildman–Crippen LogP) is 1.61. The zero-order valence-corrected chi connectivity index (χ0v) is 11.0.